The molecule has 0 saturated heterocycles. The first kappa shape index (κ1) is 14.7. The van der Waals surface area contributed by atoms with Crippen LogP contribution < -0.4 is 16.2 Å². The van der Waals surface area contributed by atoms with Gasteiger partial charge in [-0.2, -0.15) is 0 Å². The van der Waals surface area contributed by atoms with Gasteiger partial charge in [0, 0.05) is 18.7 Å². The van der Waals surface area contributed by atoms with Gasteiger partial charge in [-0.15, -0.1) is 0 Å². The van der Waals surface area contributed by atoms with E-state index in [4.69, 9.17) is 5.84 Å². The van der Waals surface area contributed by atoms with Crippen molar-refractivity contribution in [2.24, 2.45) is 5.84 Å². The molecule has 0 spiro atoms. The maximum atomic E-state index is 5.46. The largest absolute Gasteiger partial charge is 0.356 e. The number of hydrogen-bond donors (Lipinski definition) is 2. The molecule has 0 amide bonds. The first-order chi connectivity index (χ1) is 8.74. The first-order valence-electron chi connectivity index (χ1n) is 6.77. The molecular weight excluding hydrogens is 226 g/mol. The molecule has 1 aromatic rings. The number of hydrogen-bond acceptors (Lipinski definition) is 5. The lowest BCUT2D eigenvalue weighted by atomic mass is 10.2. The van der Waals surface area contributed by atoms with E-state index in [1.54, 1.807) is 6.33 Å². The van der Waals surface area contributed by atoms with Gasteiger partial charge in [-0.25, -0.2) is 15.8 Å². The zero-order valence-electron chi connectivity index (χ0n) is 11.7. The van der Waals surface area contributed by atoms with E-state index in [0.717, 1.165) is 24.5 Å². The van der Waals surface area contributed by atoms with E-state index in [-0.39, 0.29) is 0 Å². The third kappa shape index (κ3) is 3.84. The summed E-state index contributed by atoms with van der Waals surface area (Å²) in [7, 11) is 0. The minimum absolute atomic E-state index is 0.706. The van der Waals surface area contributed by atoms with Crippen molar-refractivity contribution < 1.29 is 0 Å². The normalized spacial score (nSPS) is 10.4. The molecular formula is C13H25N5. The number of nitrogens with one attached hydrogen (secondary N) is 1. The van der Waals surface area contributed by atoms with Gasteiger partial charge < -0.3 is 10.3 Å². The molecule has 3 N–H and O–H groups in total. The Morgan fingerprint density at radius 3 is 2.28 bits per heavy atom. The average Bonchev–Trinajstić information content (AvgIpc) is 2.40. The van der Waals surface area contributed by atoms with E-state index >= 15 is 0 Å². The lowest BCUT2D eigenvalue weighted by Gasteiger charge is -2.25. The van der Waals surface area contributed by atoms with Crippen LogP contribution in [0.3, 0.4) is 0 Å². The maximum Gasteiger partial charge on any atom is 0.148 e. The van der Waals surface area contributed by atoms with Gasteiger partial charge in [0.1, 0.15) is 18.0 Å². The summed E-state index contributed by atoms with van der Waals surface area (Å²) in [5, 5.41) is 0. The molecule has 0 aliphatic rings. The highest BCUT2D eigenvalue weighted by molar-refractivity contribution is 5.57. The summed E-state index contributed by atoms with van der Waals surface area (Å²) >= 11 is 0. The molecule has 0 saturated carbocycles. The summed E-state index contributed by atoms with van der Waals surface area (Å²) in [6.07, 6.45) is 6.31. The molecule has 1 heterocycles. The fourth-order valence-electron chi connectivity index (χ4n) is 1.93. The van der Waals surface area contributed by atoms with E-state index in [9.17, 15) is 0 Å². The minimum Gasteiger partial charge on any atom is -0.356 e. The highest BCUT2D eigenvalue weighted by Crippen LogP contribution is 2.22. The molecule has 5 nitrogen and oxygen atoms in total. The van der Waals surface area contributed by atoms with E-state index in [1.807, 2.05) is 6.92 Å². The van der Waals surface area contributed by atoms with E-state index < -0.39 is 0 Å². The van der Waals surface area contributed by atoms with Crippen molar-refractivity contribution in [1.82, 2.24) is 9.97 Å². The number of nitrogen functional groups attached to an aromatic ring is 1. The van der Waals surface area contributed by atoms with Crippen LogP contribution >= 0.6 is 0 Å². The van der Waals surface area contributed by atoms with Gasteiger partial charge in [-0.05, 0) is 19.8 Å². The Morgan fingerprint density at radius 2 is 1.78 bits per heavy atom. The lowest BCUT2D eigenvalue weighted by molar-refractivity contribution is 0.668. The van der Waals surface area contributed by atoms with Gasteiger partial charge in [-0.3, -0.25) is 0 Å². The van der Waals surface area contributed by atoms with Crippen LogP contribution in [0.2, 0.25) is 0 Å². The molecule has 1 rings (SSSR count). The zero-order valence-corrected chi connectivity index (χ0v) is 11.7. The Hall–Kier alpha value is -1.36. The van der Waals surface area contributed by atoms with E-state index in [1.165, 1.54) is 25.7 Å². The summed E-state index contributed by atoms with van der Waals surface area (Å²) in [4.78, 5) is 10.9. The van der Waals surface area contributed by atoms with Crippen LogP contribution in [0.25, 0.3) is 0 Å². The summed E-state index contributed by atoms with van der Waals surface area (Å²) < 4.78 is 0. The minimum atomic E-state index is 0.706. The van der Waals surface area contributed by atoms with Crippen molar-refractivity contribution in [2.75, 3.05) is 23.4 Å². The van der Waals surface area contributed by atoms with Gasteiger partial charge >= 0.3 is 0 Å². The quantitative estimate of drug-likeness (QED) is 0.549. The SMILES string of the molecule is CCCCN(CCCC)c1ncnc(NN)c1C. The standard InChI is InChI=1S/C13H25N5/c1-4-6-8-18(9-7-5-2)13-11(3)12(17-14)15-10-16-13/h10H,4-9,14H2,1-3H3,(H,15,16,17). The topological polar surface area (TPSA) is 67.1 Å². The van der Waals surface area contributed by atoms with Gasteiger partial charge in [-0.1, -0.05) is 26.7 Å². The van der Waals surface area contributed by atoms with Crippen LogP contribution in [0.1, 0.15) is 45.1 Å². The number of aromatic nitrogens is 2. The van der Waals surface area contributed by atoms with Crippen molar-refractivity contribution in [3.63, 3.8) is 0 Å². The molecule has 0 fully saturated rings. The molecule has 0 aliphatic heterocycles. The number of hydrazine groups is 1. The zero-order chi connectivity index (χ0) is 13.4. The predicted octanol–water partition coefficient (Wildman–Crippen LogP) is 2.48. The Balaban J connectivity index is 2.88. The van der Waals surface area contributed by atoms with Gasteiger partial charge in [0.2, 0.25) is 0 Å². The van der Waals surface area contributed by atoms with Gasteiger partial charge in [0.05, 0.1) is 0 Å². The number of nitrogens with zero attached hydrogens (tertiary/aromatic N) is 3. The number of unbranched alkanes of at least 4 members (excludes halogenated alkanes) is 2. The number of rotatable bonds is 8. The van der Waals surface area contributed by atoms with Gasteiger partial charge in [0.25, 0.3) is 0 Å². The molecule has 102 valence electrons. The smallest absolute Gasteiger partial charge is 0.148 e. The predicted molar refractivity (Wildman–Crippen MR) is 76.6 cm³/mol. The van der Waals surface area contributed by atoms with Gasteiger partial charge in [0.15, 0.2) is 0 Å². The Bertz CT molecular complexity index is 345. The van der Waals surface area contributed by atoms with E-state index in [0.29, 0.717) is 5.82 Å². The first-order valence-corrected chi connectivity index (χ1v) is 6.77. The van der Waals surface area contributed by atoms with Crippen LogP contribution in [0, 0.1) is 6.92 Å². The van der Waals surface area contributed by atoms with Crippen molar-refractivity contribution in [3.05, 3.63) is 11.9 Å². The van der Waals surface area contributed by atoms with Crippen LogP contribution in [-0.4, -0.2) is 23.1 Å². The fraction of sp³-hybridized carbons (Fsp3) is 0.692. The van der Waals surface area contributed by atoms with Crippen LogP contribution in [0.15, 0.2) is 6.33 Å². The third-order valence-electron chi connectivity index (χ3n) is 3.06. The lowest BCUT2D eigenvalue weighted by Crippen LogP contribution is -2.28. The number of anilines is 2. The molecule has 0 aromatic carbocycles. The fourth-order valence-corrected chi connectivity index (χ4v) is 1.93. The maximum absolute atomic E-state index is 5.46. The highest BCUT2D eigenvalue weighted by Gasteiger charge is 2.12. The van der Waals surface area contributed by atoms with Crippen molar-refractivity contribution >= 4 is 11.6 Å². The second-order valence-corrected chi connectivity index (χ2v) is 4.51. The number of nitrogens with two attached hydrogens (primary N) is 1. The van der Waals surface area contributed by atoms with Crippen LogP contribution in [0.4, 0.5) is 11.6 Å². The molecule has 0 bridgehead atoms. The Labute approximate surface area is 110 Å². The van der Waals surface area contributed by atoms with Crippen molar-refractivity contribution in [3.8, 4) is 0 Å². The molecule has 18 heavy (non-hydrogen) atoms. The highest BCUT2D eigenvalue weighted by atomic mass is 15.3. The van der Waals surface area contributed by atoms with Crippen molar-refractivity contribution in [2.45, 2.75) is 46.5 Å². The molecule has 5 heteroatoms. The Kier molecular flexibility index (Phi) is 6.43. The van der Waals surface area contributed by atoms with Crippen molar-refractivity contribution in [1.29, 1.82) is 0 Å². The van der Waals surface area contributed by atoms with Crippen LogP contribution in [0.5, 0.6) is 0 Å². The summed E-state index contributed by atoms with van der Waals surface area (Å²) in [5.74, 6) is 7.17. The molecule has 1 aromatic heterocycles. The second-order valence-electron chi connectivity index (χ2n) is 4.51. The molecule has 0 atom stereocenters. The monoisotopic (exact) mass is 251 g/mol. The van der Waals surface area contributed by atoms with E-state index in [2.05, 4.69) is 34.1 Å². The Morgan fingerprint density at radius 1 is 1.17 bits per heavy atom. The average molecular weight is 251 g/mol. The molecule has 0 unspecified atom stereocenters. The second kappa shape index (κ2) is 7.87. The third-order valence-corrected chi connectivity index (χ3v) is 3.06. The summed E-state index contributed by atoms with van der Waals surface area (Å²) in [6.45, 7) is 8.50. The summed E-state index contributed by atoms with van der Waals surface area (Å²) in [5.41, 5.74) is 3.65. The molecule has 0 aliphatic carbocycles. The summed E-state index contributed by atoms with van der Waals surface area (Å²) in [6, 6.07) is 0. The van der Waals surface area contributed by atoms with Crippen LogP contribution in [-0.2, 0) is 0 Å². The molecule has 0 radical (unpaired) electrons.